The number of hydrogen-bond donors (Lipinski definition) is 1. The van der Waals surface area contributed by atoms with Gasteiger partial charge in [0.2, 0.25) is 5.82 Å². The summed E-state index contributed by atoms with van der Waals surface area (Å²) in [4.78, 5) is 11.9. The van der Waals surface area contributed by atoms with E-state index in [-0.39, 0.29) is 5.69 Å². The zero-order valence-corrected chi connectivity index (χ0v) is 11.5. The first-order chi connectivity index (χ1) is 9.51. The van der Waals surface area contributed by atoms with Crippen LogP contribution in [0.1, 0.15) is 16.7 Å². The molecule has 0 atom stereocenters. The van der Waals surface area contributed by atoms with Gasteiger partial charge in [-0.3, -0.25) is 10.1 Å². The highest BCUT2D eigenvalue weighted by Crippen LogP contribution is 2.26. The number of rotatable bonds is 5. The first-order valence-electron chi connectivity index (χ1n) is 5.96. The molecule has 106 valence electrons. The topological polar surface area (TPSA) is 55.2 Å². The van der Waals surface area contributed by atoms with Gasteiger partial charge < -0.3 is 5.32 Å². The van der Waals surface area contributed by atoms with Gasteiger partial charge in [0.1, 0.15) is 5.82 Å². The van der Waals surface area contributed by atoms with Crippen LogP contribution in [0, 0.1) is 21.7 Å². The molecule has 0 aliphatic rings. The molecule has 0 fully saturated rings. The lowest BCUT2D eigenvalue weighted by Gasteiger charge is -2.06. The summed E-state index contributed by atoms with van der Waals surface area (Å²) in [6.07, 6.45) is 0.918. The third-order valence-corrected chi connectivity index (χ3v) is 3.98. The van der Waals surface area contributed by atoms with E-state index in [1.54, 1.807) is 11.3 Å². The summed E-state index contributed by atoms with van der Waals surface area (Å²) in [5.74, 6) is -2.03. The highest BCUT2D eigenvalue weighted by Gasteiger charge is 2.18. The van der Waals surface area contributed by atoms with E-state index >= 15 is 0 Å². The van der Waals surface area contributed by atoms with Gasteiger partial charge in [-0.15, -0.1) is 11.3 Å². The average Bonchev–Trinajstić information content (AvgIpc) is 2.85. The molecule has 0 saturated heterocycles. The van der Waals surface area contributed by atoms with Crippen LogP contribution in [0.3, 0.4) is 0 Å². The standard InChI is InChI=1S/C13H12F2N2O2S/c1-2-8-3-4-9(20-8)7-16-12-6-13(17(18)19)11(15)5-10(12)14/h3-6,16H,2,7H2,1H3. The quantitative estimate of drug-likeness (QED) is 0.667. The first kappa shape index (κ1) is 14.4. The van der Waals surface area contributed by atoms with Crippen LogP contribution in [0.2, 0.25) is 0 Å². The predicted octanol–water partition coefficient (Wildman–Crippen LogP) is 4.11. The van der Waals surface area contributed by atoms with Crippen LogP contribution in [-0.2, 0) is 13.0 Å². The second kappa shape index (κ2) is 5.96. The van der Waals surface area contributed by atoms with Crippen molar-refractivity contribution in [2.24, 2.45) is 0 Å². The molecule has 4 nitrogen and oxygen atoms in total. The summed E-state index contributed by atoms with van der Waals surface area (Å²) in [5.41, 5.74) is -0.820. The van der Waals surface area contributed by atoms with Gasteiger partial charge in [0.05, 0.1) is 10.6 Å². The van der Waals surface area contributed by atoms with E-state index in [9.17, 15) is 18.9 Å². The molecular weight excluding hydrogens is 286 g/mol. The van der Waals surface area contributed by atoms with E-state index < -0.39 is 22.2 Å². The Kier molecular flexibility index (Phi) is 4.29. The van der Waals surface area contributed by atoms with E-state index in [4.69, 9.17) is 0 Å². The normalized spacial score (nSPS) is 10.6. The minimum atomic E-state index is -1.18. The van der Waals surface area contributed by atoms with Crippen LogP contribution in [0.4, 0.5) is 20.2 Å². The number of thiophene rings is 1. The van der Waals surface area contributed by atoms with Gasteiger partial charge in [0.15, 0.2) is 0 Å². The number of hydrogen-bond acceptors (Lipinski definition) is 4. The van der Waals surface area contributed by atoms with Crippen LogP contribution in [0.25, 0.3) is 0 Å². The zero-order chi connectivity index (χ0) is 14.7. The minimum absolute atomic E-state index is 0.0791. The van der Waals surface area contributed by atoms with E-state index in [1.807, 2.05) is 19.1 Å². The Morgan fingerprint density at radius 1 is 1.25 bits per heavy atom. The van der Waals surface area contributed by atoms with Gasteiger partial charge >= 0.3 is 5.69 Å². The molecule has 2 aromatic rings. The molecule has 7 heteroatoms. The lowest BCUT2D eigenvalue weighted by molar-refractivity contribution is -0.387. The molecule has 0 saturated carbocycles. The highest BCUT2D eigenvalue weighted by atomic mass is 32.1. The molecule has 0 unspecified atom stereocenters. The number of nitrogens with one attached hydrogen (secondary N) is 1. The SMILES string of the molecule is CCc1ccc(CNc2cc([N+](=O)[O-])c(F)cc2F)s1. The van der Waals surface area contributed by atoms with E-state index in [1.165, 1.54) is 4.88 Å². The third-order valence-electron chi connectivity index (χ3n) is 2.75. The molecule has 2 rings (SSSR count). The predicted molar refractivity (Wildman–Crippen MR) is 74.0 cm³/mol. The number of halogens is 2. The Bertz CT molecular complexity index is 643. The first-order valence-corrected chi connectivity index (χ1v) is 6.77. The van der Waals surface area contributed by atoms with Crippen molar-refractivity contribution in [2.75, 3.05) is 5.32 Å². The van der Waals surface area contributed by atoms with Crippen molar-refractivity contribution in [3.05, 3.63) is 55.8 Å². The Morgan fingerprint density at radius 2 is 1.95 bits per heavy atom. The fourth-order valence-electron chi connectivity index (χ4n) is 1.70. The maximum Gasteiger partial charge on any atom is 0.307 e. The highest BCUT2D eigenvalue weighted by molar-refractivity contribution is 7.12. The summed E-state index contributed by atoms with van der Waals surface area (Å²) >= 11 is 1.58. The zero-order valence-electron chi connectivity index (χ0n) is 10.7. The minimum Gasteiger partial charge on any atom is -0.378 e. The van der Waals surface area contributed by atoms with E-state index in [0.29, 0.717) is 12.6 Å². The molecule has 20 heavy (non-hydrogen) atoms. The lowest BCUT2D eigenvalue weighted by atomic mass is 10.2. The Morgan fingerprint density at radius 3 is 2.55 bits per heavy atom. The second-order valence-electron chi connectivity index (χ2n) is 4.12. The maximum absolute atomic E-state index is 13.5. The largest absolute Gasteiger partial charge is 0.378 e. The summed E-state index contributed by atoms with van der Waals surface area (Å²) in [7, 11) is 0. The molecule has 0 radical (unpaired) electrons. The van der Waals surface area contributed by atoms with Gasteiger partial charge in [0, 0.05) is 28.4 Å². The Balaban J connectivity index is 2.16. The van der Waals surface area contributed by atoms with Crippen LogP contribution in [-0.4, -0.2) is 4.92 Å². The van der Waals surface area contributed by atoms with Gasteiger partial charge in [-0.1, -0.05) is 6.92 Å². The molecule has 1 N–H and O–H groups in total. The molecule has 1 aromatic heterocycles. The molecule has 0 amide bonds. The third kappa shape index (κ3) is 3.11. The number of nitrogens with zero attached hydrogens (tertiary/aromatic N) is 1. The molecule has 0 spiro atoms. The molecule has 1 aromatic carbocycles. The summed E-state index contributed by atoms with van der Waals surface area (Å²) in [6.45, 7) is 2.37. The van der Waals surface area contributed by atoms with Gasteiger partial charge in [-0.05, 0) is 18.6 Å². The van der Waals surface area contributed by atoms with Gasteiger partial charge in [-0.2, -0.15) is 4.39 Å². The molecular formula is C13H12F2N2O2S. The number of nitro groups is 1. The lowest BCUT2D eigenvalue weighted by Crippen LogP contribution is -2.02. The van der Waals surface area contributed by atoms with Gasteiger partial charge in [0.25, 0.3) is 0 Å². The van der Waals surface area contributed by atoms with Crippen LogP contribution < -0.4 is 5.32 Å². The molecule has 0 aliphatic heterocycles. The van der Waals surface area contributed by atoms with Crippen LogP contribution >= 0.6 is 11.3 Å². The average molecular weight is 298 g/mol. The fourth-order valence-corrected chi connectivity index (χ4v) is 2.60. The number of anilines is 1. The van der Waals surface area contributed by atoms with Crippen molar-refractivity contribution in [1.82, 2.24) is 0 Å². The second-order valence-corrected chi connectivity index (χ2v) is 5.37. The summed E-state index contributed by atoms with van der Waals surface area (Å²) in [6, 6.07) is 5.28. The maximum atomic E-state index is 13.5. The number of aryl methyl sites for hydroxylation is 1. The smallest absolute Gasteiger partial charge is 0.307 e. The van der Waals surface area contributed by atoms with Crippen LogP contribution in [0.5, 0.6) is 0 Å². The fraction of sp³-hybridized carbons (Fsp3) is 0.231. The van der Waals surface area contributed by atoms with Crippen molar-refractivity contribution in [1.29, 1.82) is 0 Å². The van der Waals surface area contributed by atoms with Crippen molar-refractivity contribution in [2.45, 2.75) is 19.9 Å². The van der Waals surface area contributed by atoms with Crippen LogP contribution in [0.15, 0.2) is 24.3 Å². The van der Waals surface area contributed by atoms with Crippen molar-refractivity contribution in [3.63, 3.8) is 0 Å². The van der Waals surface area contributed by atoms with Gasteiger partial charge in [-0.25, -0.2) is 4.39 Å². The van der Waals surface area contributed by atoms with E-state index in [2.05, 4.69) is 5.32 Å². The summed E-state index contributed by atoms with van der Waals surface area (Å²) in [5, 5.41) is 13.4. The van der Waals surface area contributed by atoms with Crippen molar-refractivity contribution in [3.8, 4) is 0 Å². The number of nitro benzene ring substituents is 1. The monoisotopic (exact) mass is 298 g/mol. The molecule has 0 aliphatic carbocycles. The van der Waals surface area contributed by atoms with Crippen molar-refractivity contribution < 1.29 is 13.7 Å². The number of benzene rings is 1. The molecule has 1 heterocycles. The Labute approximate surface area is 118 Å². The summed E-state index contributed by atoms with van der Waals surface area (Å²) < 4.78 is 26.7. The van der Waals surface area contributed by atoms with E-state index in [0.717, 1.165) is 17.4 Å². The Hall–Kier alpha value is -2.02. The molecule has 0 bridgehead atoms. The van der Waals surface area contributed by atoms with Crippen molar-refractivity contribution >= 4 is 22.7 Å².